The van der Waals surface area contributed by atoms with Crippen LogP contribution in [0.25, 0.3) is 0 Å². The number of nitrogens with two attached hydrogens (primary N) is 1. The molecule has 2 aromatic rings. The first kappa shape index (κ1) is 12.4. The van der Waals surface area contributed by atoms with E-state index in [0.29, 0.717) is 21.3 Å². The Labute approximate surface area is 122 Å². The molecule has 0 saturated carbocycles. The molecule has 0 fully saturated rings. The first-order valence-corrected chi connectivity index (χ1v) is 6.64. The van der Waals surface area contributed by atoms with Crippen molar-refractivity contribution in [3.8, 4) is 0 Å². The van der Waals surface area contributed by atoms with Crippen LogP contribution in [-0.2, 0) is 0 Å². The van der Waals surface area contributed by atoms with Crippen molar-refractivity contribution in [3.05, 3.63) is 62.1 Å². The van der Waals surface area contributed by atoms with Crippen LogP contribution in [0.2, 0.25) is 5.02 Å². The summed E-state index contributed by atoms with van der Waals surface area (Å²) in [5, 5.41) is 0.203. The second-order valence-electron chi connectivity index (χ2n) is 4.25. The fourth-order valence-electron chi connectivity index (χ4n) is 2.25. The summed E-state index contributed by atoms with van der Waals surface area (Å²) in [5.74, 6) is -0.498. The van der Waals surface area contributed by atoms with Gasteiger partial charge >= 0.3 is 0 Å². The molecule has 2 aromatic carbocycles. The molecule has 0 amide bonds. The second-order valence-corrected chi connectivity index (χ2v) is 5.51. The van der Waals surface area contributed by atoms with E-state index in [2.05, 4.69) is 15.9 Å². The van der Waals surface area contributed by atoms with E-state index in [9.17, 15) is 9.59 Å². The SMILES string of the molecule is Nc1cc(Cl)c2c(c1)C(=O)c1cccc(Br)c1C2=O. The molecule has 19 heavy (non-hydrogen) atoms. The zero-order valence-corrected chi connectivity index (χ0v) is 11.9. The van der Waals surface area contributed by atoms with Crippen LogP contribution >= 0.6 is 27.5 Å². The monoisotopic (exact) mass is 335 g/mol. The number of hydrogen-bond acceptors (Lipinski definition) is 3. The molecule has 2 N–H and O–H groups in total. The topological polar surface area (TPSA) is 60.2 Å². The summed E-state index contributed by atoms with van der Waals surface area (Å²) in [6.07, 6.45) is 0. The molecule has 94 valence electrons. The third-order valence-corrected chi connectivity index (χ3v) is 4.03. The summed E-state index contributed by atoms with van der Waals surface area (Å²) >= 11 is 9.36. The van der Waals surface area contributed by atoms with Crippen LogP contribution in [0.5, 0.6) is 0 Å². The van der Waals surface area contributed by atoms with Gasteiger partial charge in [0.15, 0.2) is 11.6 Å². The van der Waals surface area contributed by atoms with Crippen molar-refractivity contribution in [2.24, 2.45) is 0 Å². The minimum atomic E-state index is -0.262. The molecule has 0 heterocycles. The fraction of sp³-hybridized carbons (Fsp3) is 0. The van der Waals surface area contributed by atoms with Gasteiger partial charge in [-0.25, -0.2) is 0 Å². The highest BCUT2D eigenvalue weighted by Crippen LogP contribution is 2.36. The Hall–Kier alpha value is -1.65. The lowest BCUT2D eigenvalue weighted by atomic mass is 9.84. The predicted molar refractivity (Wildman–Crippen MR) is 76.9 cm³/mol. The van der Waals surface area contributed by atoms with Crippen molar-refractivity contribution < 1.29 is 9.59 Å². The van der Waals surface area contributed by atoms with Crippen LogP contribution in [0.4, 0.5) is 5.69 Å². The number of benzene rings is 2. The van der Waals surface area contributed by atoms with E-state index in [-0.39, 0.29) is 27.7 Å². The quantitative estimate of drug-likeness (QED) is 0.640. The maximum atomic E-state index is 12.5. The lowest BCUT2D eigenvalue weighted by molar-refractivity contribution is 0.0978. The molecule has 3 nitrogen and oxygen atoms in total. The smallest absolute Gasteiger partial charge is 0.197 e. The van der Waals surface area contributed by atoms with E-state index in [0.717, 1.165) is 0 Å². The minimum Gasteiger partial charge on any atom is -0.399 e. The molecular formula is C14H7BrClNO2. The first-order valence-electron chi connectivity index (χ1n) is 5.47. The third kappa shape index (κ3) is 1.71. The number of halogens is 2. The van der Waals surface area contributed by atoms with Gasteiger partial charge in [-0.15, -0.1) is 0 Å². The number of anilines is 1. The minimum absolute atomic E-state index is 0.203. The van der Waals surface area contributed by atoms with Crippen LogP contribution in [0.3, 0.4) is 0 Å². The van der Waals surface area contributed by atoms with Crippen LogP contribution in [0.1, 0.15) is 31.8 Å². The zero-order valence-electron chi connectivity index (χ0n) is 9.54. The van der Waals surface area contributed by atoms with E-state index in [1.54, 1.807) is 18.2 Å². The number of carbonyl (C=O) groups is 2. The molecule has 0 bridgehead atoms. The summed E-state index contributed by atoms with van der Waals surface area (Å²) < 4.78 is 0.585. The largest absolute Gasteiger partial charge is 0.399 e. The summed E-state index contributed by atoms with van der Waals surface area (Å²) in [6, 6.07) is 8.03. The number of carbonyl (C=O) groups excluding carboxylic acids is 2. The lowest BCUT2D eigenvalue weighted by Gasteiger charge is -2.19. The number of ketones is 2. The summed E-state index contributed by atoms with van der Waals surface area (Å²) in [6.45, 7) is 0. The van der Waals surface area contributed by atoms with Gasteiger partial charge in [-0.3, -0.25) is 9.59 Å². The maximum Gasteiger partial charge on any atom is 0.197 e. The van der Waals surface area contributed by atoms with Crippen LogP contribution in [0.15, 0.2) is 34.8 Å². The standard InChI is InChI=1S/C14H7BrClNO2/c15-9-3-1-2-7-11(9)14(19)12-8(13(7)18)4-6(17)5-10(12)16/h1-5H,17H2. The van der Waals surface area contributed by atoms with Crippen molar-refractivity contribution in [3.63, 3.8) is 0 Å². The van der Waals surface area contributed by atoms with Crippen molar-refractivity contribution in [2.45, 2.75) is 0 Å². The molecule has 0 radical (unpaired) electrons. The first-order chi connectivity index (χ1) is 9.00. The average molecular weight is 337 g/mol. The number of nitrogen functional groups attached to an aromatic ring is 1. The number of rotatable bonds is 0. The van der Waals surface area contributed by atoms with Gasteiger partial charge in [0.05, 0.1) is 10.6 Å². The molecule has 1 aliphatic rings. The van der Waals surface area contributed by atoms with Crippen molar-refractivity contribution in [1.29, 1.82) is 0 Å². The molecule has 5 heteroatoms. The Morgan fingerprint density at radius 3 is 2.47 bits per heavy atom. The Balaban J connectivity index is 2.40. The Bertz CT molecular complexity index is 755. The Kier molecular flexibility index (Phi) is 2.73. The highest BCUT2D eigenvalue weighted by molar-refractivity contribution is 9.10. The van der Waals surface area contributed by atoms with Gasteiger partial charge in [-0.1, -0.05) is 39.7 Å². The van der Waals surface area contributed by atoms with Crippen molar-refractivity contribution in [1.82, 2.24) is 0 Å². The molecule has 0 unspecified atom stereocenters. The molecular weight excluding hydrogens is 330 g/mol. The summed E-state index contributed by atoms with van der Waals surface area (Å²) in [7, 11) is 0. The molecule has 3 rings (SSSR count). The third-order valence-electron chi connectivity index (χ3n) is 3.07. The van der Waals surface area contributed by atoms with E-state index in [1.165, 1.54) is 12.1 Å². The van der Waals surface area contributed by atoms with Crippen LogP contribution in [-0.4, -0.2) is 11.6 Å². The van der Waals surface area contributed by atoms with Crippen LogP contribution in [0, 0.1) is 0 Å². The maximum absolute atomic E-state index is 12.5. The van der Waals surface area contributed by atoms with Gasteiger partial charge < -0.3 is 5.73 Å². The molecule has 0 saturated heterocycles. The van der Waals surface area contributed by atoms with Gasteiger partial charge in [-0.05, 0) is 18.2 Å². The molecule has 0 atom stereocenters. The fourth-order valence-corrected chi connectivity index (χ4v) is 3.11. The van der Waals surface area contributed by atoms with Gasteiger partial charge in [0.1, 0.15) is 0 Å². The average Bonchev–Trinajstić information content (AvgIpc) is 2.34. The van der Waals surface area contributed by atoms with Gasteiger partial charge in [0.25, 0.3) is 0 Å². The lowest BCUT2D eigenvalue weighted by Crippen LogP contribution is -2.22. The van der Waals surface area contributed by atoms with E-state index in [4.69, 9.17) is 17.3 Å². The number of hydrogen-bond donors (Lipinski definition) is 1. The zero-order chi connectivity index (χ0) is 13.7. The summed E-state index contributed by atoms with van der Waals surface area (Å²) in [4.78, 5) is 24.9. The van der Waals surface area contributed by atoms with E-state index < -0.39 is 0 Å². The highest BCUT2D eigenvalue weighted by atomic mass is 79.9. The Morgan fingerprint density at radius 1 is 1.00 bits per heavy atom. The van der Waals surface area contributed by atoms with Gasteiger partial charge in [0.2, 0.25) is 0 Å². The molecule has 1 aliphatic carbocycles. The van der Waals surface area contributed by atoms with E-state index in [1.807, 2.05) is 0 Å². The van der Waals surface area contributed by atoms with Crippen molar-refractivity contribution in [2.75, 3.05) is 5.73 Å². The normalized spacial score (nSPS) is 13.2. The number of fused-ring (bicyclic) bond motifs is 2. The Morgan fingerprint density at radius 2 is 1.74 bits per heavy atom. The van der Waals surface area contributed by atoms with Crippen molar-refractivity contribution >= 4 is 44.8 Å². The van der Waals surface area contributed by atoms with Gasteiger partial charge in [-0.2, -0.15) is 0 Å². The predicted octanol–water partition coefficient (Wildman–Crippen LogP) is 3.46. The molecule has 0 spiro atoms. The second kappa shape index (κ2) is 4.18. The summed E-state index contributed by atoms with van der Waals surface area (Å²) in [5.41, 5.74) is 7.26. The van der Waals surface area contributed by atoms with E-state index >= 15 is 0 Å². The highest BCUT2D eigenvalue weighted by Gasteiger charge is 2.33. The molecule has 0 aromatic heterocycles. The van der Waals surface area contributed by atoms with Crippen LogP contribution < -0.4 is 5.73 Å². The van der Waals surface area contributed by atoms with Gasteiger partial charge in [0, 0.05) is 26.9 Å². The molecule has 0 aliphatic heterocycles.